The number of methoxy groups -OCH3 is 1. The third kappa shape index (κ3) is 3.72. The van der Waals surface area contributed by atoms with Gasteiger partial charge in [0.2, 0.25) is 0 Å². The first kappa shape index (κ1) is 21.5. The van der Waals surface area contributed by atoms with Crippen LogP contribution in [0.3, 0.4) is 0 Å². The lowest BCUT2D eigenvalue weighted by molar-refractivity contribution is 0.0941. The van der Waals surface area contributed by atoms with Crippen molar-refractivity contribution in [2.75, 3.05) is 7.11 Å². The number of fused-ring (bicyclic) bond motifs is 1. The molecule has 0 aliphatic carbocycles. The molecule has 1 unspecified atom stereocenters. The van der Waals surface area contributed by atoms with Crippen molar-refractivity contribution in [2.24, 2.45) is 7.05 Å². The summed E-state index contributed by atoms with van der Waals surface area (Å²) in [5.41, 5.74) is 5.65. The Kier molecular flexibility index (Phi) is 5.69. The first-order chi connectivity index (χ1) is 15.3. The summed E-state index contributed by atoms with van der Waals surface area (Å²) >= 11 is 0. The van der Waals surface area contributed by atoms with Crippen molar-refractivity contribution in [3.63, 3.8) is 0 Å². The topological polar surface area (TPSA) is 86.9 Å². The van der Waals surface area contributed by atoms with Crippen LogP contribution in [0, 0.1) is 13.8 Å². The highest BCUT2D eigenvalue weighted by Crippen LogP contribution is 2.28. The molecule has 4 rings (SSSR count). The molecule has 0 spiro atoms. The largest absolute Gasteiger partial charge is 0.497 e. The SMILES string of the molecule is CCn1ncc(C(C)NC(=O)c2cc(-c3ccc(OC)cc3)nc3c2c(C)nn3C)c1C. The number of aromatic nitrogens is 5. The molecule has 4 aromatic rings. The van der Waals surface area contributed by atoms with Crippen LogP contribution in [0.5, 0.6) is 5.75 Å². The summed E-state index contributed by atoms with van der Waals surface area (Å²) in [5.74, 6) is 0.598. The van der Waals surface area contributed by atoms with Gasteiger partial charge in [-0.1, -0.05) is 0 Å². The third-order valence-electron chi connectivity index (χ3n) is 5.85. The molecular weight excluding hydrogens is 404 g/mol. The maximum absolute atomic E-state index is 13.5. The molecule has 166 valence electrons. The second kappa shape index (κ2) is 8.45. The van der Waals surface area contributed by atoms with Crippen molar-refractivity contribution in [1.29, 1.82) is 0 Å². The van der Waals surface area contributed by atoms with Gasteiger partial charge in [-0.25, -0.2) is 4.98 Å². The Bertz CT molecular complexity index is 1290. The van der Waals surface area contributed by atoms with Gasteiger partial charge in [-0.15, -0.1) is 0 Å². The van der Waals surface area contributed by atoms with Gasteiger partial charge in [-0.3, -0.25) is 14.2 Å². The van der Waals surface area contributed by atoms with Gasteiger partial charge in [-0.2, -0.15) is 10.2 Å². The number of hydrogen-bond acceptors (Lipinski definition) is 5. The summed E-state index contributed by atoms with van der Waals surface area (Å²) in [6.07, 6.45) is 1.82. The van der Waals surface area contributed by atoms with Crippen LogP contribution in [-0.4, -0.2) is 37.6 Å². The molecule has 0 saturated heterocycles. The number of carbonyl (C=O) groups is 1. The zero-order chi connectivity index (χ0) is 23.0. The van der Waals surface area contributed by atoms with Crippen molar-refractivity contribution in [1.82, 2.24) is 29.9 Å². The summed E-state index contributed by atoms with van der Waals surface area (Å²) in [7, 11) is 3.47. The number of ether oxygens (including phenoxy) is 1. The molecule has 0 radical (unpaired) electrons. The molecule has 1 amide bonds. The number of rotatable bonds is 6. The molecule has 3 aromatic heterocycles. The molecule has 0 aliphatic heterocycles. The van der Waals surface area contributed by atoms with E-state index in [9.17, 15) is 4.79 Å². The average Bonchev–Trinajstić information content (AvgIpc) is 3.31. The Labute approximate surface area is 187 Å². The van der Waals surface area contributed by atoms with Crippen LogP contribution < -0.4 is 10.1 Å². The molecule has 32 heavy (non-hydrogen) atoms. The Morgan fingerprint density at radius 1 is 1.22 bits per heavy atom. The van der Waals surface area contributed by atoms with E-state index in [0.717, 1.165) is 40.2 Å². The van der Waals surface area contributed by atoms with E-state index in [-0.39, 0.29) is 11.9 Å². The quantitative estimate of drug-likeness (QED) is 0.498. The average molecular weight is 433 g/mol. The lowest BCUT2D eigenvalue weighted by Gasteiger charge is -2.15. The zero-order valence-electron chi connectivity index (χ0n) is 19.3. The molecule has 0 bridgehead atoms. The van der Waals surface area contributed by atoms with E-state index in [0.29, 0.717) is 16.9 Å². The van der Waals surface area contributed by atoms with Crippen LogP contribution in [0.15, 0.2) is 36.5 Å². The number of carbonyl (C=O) groups excluding carboxylic acids is 1. The molecule has 3 heterocycles. The van der Waals surface area contributed by atoms with E-state index >= 15 is 0 Å². The molecule has 0 fully saturated rings. The highest BCUT2D eigenvalue weighted by Gasteiger charge is 2.22. The van der Waals surface area contributed by atoms with Crippen molar-refractivity contribution in [3.05, 3.63) is 59.0 Å². The van der Waals surface area contributed by atoms with Crippen molar-refractivity contribution in [3.8, 4) is 17.0 Å². The maximum atomic E-state index is 13.5. The van der Waals surface area contributed by atoms with E-state index in [2.05, 4.69) is 15.5 Å². The van der Waals surface area contributed by atoms with Gasteiger partial charge in [0.15, 0.2) is 5.65 Å². The Hall–Kier alpha value is -3.68. The predicted octanol–water partition coefficient (Wildman–Crippen LogP) is 3.97. The van der Waals surface area contributed by atoms with Crippen LogP contribution in [0.25, 0.3) is 22.3 Å². The fourth-order valence-corrected chi connectivity index (χ4v) is 4.09. The standard InChI is InChI=1S/C24H28N6O2/c1-7-30-16(4)20(13-25-30)14(2)26-24(31)19-12-21(17-8-10-18(32-6)11-9-17)27-23-22(19)15(3)28-29(23)5/h8-14H,7H2,1-6H3,(H,26,31). The lowest BCUT2D eigenvalue weighted by Crippen LogP contribution is -2.27. The minimum Gasteiger partial charge on any atom is -0.497 e. The van der Waals surface area contributed by atoms with Crippen LogP contribution in [0.2, 0.25) is 0 Å². The van der Waals surface area contributed by atoms with Gasteiger partial charge >= 0.3 is 0 Å². The molecule has 1 aromatic carbocycles. The monoisotopic (exact) mass is 432 g/mol. The van der Waals surface area contributed by atoms with E-state index in [1.54, 1.807) is 11.8 Å². The first-order valence-electron chi connectivity index (χ1n) is 10.7. The van der Waals surface area contributed by atoms with Gasteiger partial charge < -0.3 is 10.1 Å². The Morgan fingerprint density at radius 2 is 1.94 bits per heavy atom. The summed E-state index contributed by atoms with van der Waals surface area (Å²) in [6, 6.07) is 9.28. The Balaban J connectivity index is 1.75. The maximum Gasteiger partial charge on any atom is 0.252 e. The molecule has 8 nitrogen and oxygen atoms in total. The van der Waals surface area contributed by atoms with E-state index in [4.69, 9.17) is 9.72 Å². The van der Waals surface area contributed by atoms with Crippen molar-refractivity contribution in [2.45, 2.75) is 40.3 Å². The van der Waals surface area contributed by atoms with Crippen molar-refractivity contribution >= 4 is 16.9 Å². The van der Waals surface area contributed by atoms with Gasteiger partial charge in [0.1, 0.15) is 5.75 Å². The summed E-state index contributed by atoms with van der Waals surface area (Å²) in [5, 5.41) is 12.8. The zero-order valence-corrected chi connectivity index (χ0v) is 19.3. The molecule has 1 N–H and O–H groups in total. The molecule has 1 atom stereocenters. The fourth-order valence-electron chi connectivity index (χ4n) is 4.09. The van der Waals surface area contributed by atoms with Gasteiger partial charge in [0.25, 0.3) is 5.91 Å². The number of nitrogens with one attached hydrogen (secondary N) is 1. The Morgan fingerprint density at radius 3 is 2.56 bits per heavy atom. The van der Waals surface area contributed by atoms with Crippen LogP contribution in [-0.2, 0) is 13.6 Å². The number of pyridine rings is 1. The van der Waals surface area contributed by atoms with Crippen LogP contribution in [0.1, 0.15) is 47.2 Å². The minimum absolute atomic E-state index is 0.167. The molecule has 0 saturated carbocycles. The van der Waals surface area contributed by atoms with Gasteiger partial charge in [0.05, 0.1) is 41.7 Å². The van der Waals surface area contributed by atoms with Crippen molar-refractivity contribution < 1.29 is 9.53 Å². The second-order valence-electron chi connectivity index (χ2n) is 7.89. The summed E-state index contributed by atoms with van der Waals surface area (Å²) in [6.45, 7) is 8.73. The van der Waals surface area contributed by atoms with Crippen LogP contribution in [0.4, 0.5) is 0 Å². The van der Waals surface area contributed by atoms with Crippen LogP contribution >= 0.6 is 0 Å². The third-order valence-corrected chi connectivity index (χ3v) is 5.85. The number of hydrogen-bond donors (Lipinski definition) is 1. The molecular formula is C24H28N6O2. The number of amides is 1. The number of nitrogens with zero attached hydrogens (tertiary/aromatic N) is 5. The highest BCUT2D eigenvalue weighted by atomic mass is 16.5. The van der Waals surface area contributed by atoms with Gasteiger partial charge in [0, 0.05) is 30.4 Å². The second-order valence-corrected chi connectivity index (χ2v) is 7.89. The summed E-state index contributed by atoms with van der Waals surface area (Å²) < 4.78 is 8.90. The predicted molar refractivity (Wildman–Crippen MR) is 124 cm³/mol. The van der Waals surface area contributed by atoms with E-state index in [1.165, 1.54) is 0 Å². The lowest BCUT2D eigenvalue weighted by atomic mass is 10.0. The molecule has 8 heteroatoms. The highest BCUT2D eigenvalue weighted by molar-refractivity contribution is 6.07. The van der Waals surface area contributed by atoms with E-state index < -0.39 is 0 Å². The van der Waals surface area contributed by atoms with E-state index in [1.807, 2.05) is 76.0 Å². The summed E-state index contributed by atoms with van der Waals surface area (Å²) in [4.78, 5) is 18.2. The number of benzene rings is 1. The minimum atomic E-state index is -0.188. The molecule has 0 aliphatic rings. The van der Waals surface area contributed by atoms with Gasteiger partial charge in [-0.05, 0) is 58.0 Å². The first-order valence-corrected chi connectivity index (χ1v) is 10.7. The fraction of sp³-hybridized carbons (Fsp3) is 0.333. The normalized spacial score (nSPS) is 12.2. The number of aryl methyl sites for hydroxylation is 3. The smallest absolute Gasteiger partial charge is 0.252 e.